The SMILES string of the molecule is O=C([O-])[C@@H]1c2ccccc2C(=O)N(Cc2ccccc2)[C@@H]1c1ccc([N+](=O)[O-])cc1. The number of carboxylic acids is 1. The summed E-state index contributed by atoms with van der Waals surface area (Å²) >= 11 is 0. The smallest absolute Gasteiger partial charge is 0.269 e. The van der Waals surface area contributed by atoms with Gasteiger partial charge in [0.05, 0.1) is 16.9 Å². The molecule has 1 aliphatic heterocycles. The lowest BCUT2D eigenvalue weighted by molar-refractivity contribution is -0.384. The van der Waals surface area contributed by atoms with Crippen molar-refractivity contribution in [1.29, 1.82) is 0 Å². The van der Waals surface area contributed by atoms with E-state index < -0.39 is 22.9 Å². The summed E-state index contributed by atoms with van der Waals surface area (Å²) in [6.07, 6.45) is 0. The van der Waals surface area contributed by atoms with Crippen LogP contribution in [0.4, 0.5) is 5.69 Å². The second-order valence-corrected chi connectivity index (χ2v) is 7.10. The molecular weight excluding hydrogens is 384 g/mol. The van der Waals surface area contributed by atoms with Crippen LogP contribution in [-0.2, 0) is 11.3 Å². The highest BCUT2D eigenvalue weighted by molar-refractivity contribution is 6.00. The molecule has 3 aromatic rings. The number of rotatable bonds is 5. The lowest BCUT2D eigenvalue weighted by atomic mass is 9.79. The molecule has 2 atom stereocenters. The number of nitro groups is 1. The molecule has 0 N–H and O–H groups in total. The first-order valence-electron chi connectivity index (χ1n) is 9.36. The minimum atomic E-state index is -1.31. The van der Waals surface area contributed by atoms with Crippen molar-refractivity contribution in [2.75, 3.05) is 0 Å². The largest absolute Gasteiger partial charge is 0.549 e. The van der Waals surface area contributed by atoms with E-state index in [0.29, 0.717) is 16.7 Å². The van der Waals surface area contributed by atoms with E-state index in [2.05, 4.69) is 0 Å². The topological polar surface area (TPSA) is 104 Å². The van der Waals surface area contributed by atoms with E-state index in [4.69, 9.17) is 0 Å². The maximum absolute atomic E-state index is 13.4. The number of hydrogen-bond donors (Lipinski definition) is 0. The average molecular weight is 401 g/mol. The number of fused-ring (bicyclic) bond motifs is 1. The van der Waals surface area contributed by atoms with Crippen LogP contribution >= 0.6 is 0 Å². The third-order valence-corrected chi connectivity index (χ3v) is 5.33. The molecule has 0 saturated carbocycles. The Morgan fingerprint density at radius 3 is 2.20 bits per heavy atom. The molecule has 0 aromatic heterocycles. The van der Waals surface area contributed by atoms with Gasteiger partial charge in [-0.25, -0.2) is 0 Å². The molecule has 150 valence electrons. The van der Waals surface area contributed by atoms with Gasteiger partial charge in [0.25, 0.3) is 11.6 Å². The number of benzene rings is 3. The Bertz CT molecular complexity index is 1110. The maximum atomic E-state index is 13.4. The van der Waals surface area contributed by atoms with E-state index in [1.165, 1.54) is 29.2 Å². The Morgan fingerprint density at radius 1 is 0.933 bits per heavy atom. The van der Waals surface area contributed by atoms with E-state index >= 15 is 0 Å². The number of amides is 1. The van der Waals surface area contributed by atoms with Gasteiger partial charge in [-0.05, 0) is 22.8 Å². The maximum Gasteiger partial charge on any atom is 0.269 e. The predicted octanol–water partition coefficient (Wildman–Crippen LogP) is 2.83. The minimum absolute atomic E-state index is 0.110. The van der Waals surface area contributed by atoms with Gasteiger partial charge in [0.1, 0.15) is 0 Å². The Morgan fingerprint density at radius 2 is 1.57 bits per heavy atom. The molecule has 0 radical (unpaired) electrons. The summed E-state index contributed by atoms with van der Waals surface area (Å²) in [6, 6.07) is 20.6. The fourth-order valence-corrected chi connectivity index (χ4v) is 3.97. The number of carbonyl (C=O) groups excluding carboxylic acids is 2. The number of nitrogens with zero attached hydrogens (tertiary/aromatic N) is 2. The van der Waals surface area contributed by atoms with Crippen LogP contribution < -0.4 is 5.11 Å². The molecule has 0 bridgehead atoms. The summed E-state index contributed by atoms with van der Waals surface area (Å²) in [5, 5.41) is 23.2. The fourth-order valence-electron chi connectivity index (χ4n) is 3.97. The first kappa shape index (κ1) is 19.3. The van der Waals surface area contributed by atoms with Gasteiger partial charge in [0, 0.05) is 30.2 Å². The van der Waals surface area contributed by atoms with Crippen LogP contribution in [0, 0.1) is 10.1 Å². The van der Waals surface area contributed by atoms with Crippen LogP contribution in [0.5, 0.6) is 0 Å². The van der Waals surface area contributed by atoms with Crippen LogP contribution in [0.15, 0.2) is 78.9 Å². The number of nitro benzene ring substituents is 1. The van der Waals surface area contributed by atoms with Gasteiger partial charge in [0.2, 0.25) is 0 Å². The van der Waals surface area contributed by atoms with E-state index in [1.807, 2.05) is 30.3 Å². The second-order valence-electron chi connectivity index (χ2n) is 7.10. The highest BCUT2D eigenvalue weighted by Crippen LogP contribution is 2.43. The standard InChI is InChI=1S/C23H18N2O5/c26-22-19-9-5-4-8-18(19)20(23(27)28)21(16-10-12-17(13-11-16)25(29)30)24(22)14-15-6-2-1-3-7-15/h1-13,20-21H,14H2,(H,27,28)/p-1/t20-,21-/m1/s1. The zero-order valence-electron chi connectivity index (χ0n) is 15.8. The molecule has 3 aromatic carbocycles. The van der Waals surface area contributed by atoms with Crippen molar-refractivity contribution < 1.29 is 19.6 Å². The third-order valence-electron chi connectivity index (χ3n) is 5.33. The molecule has 1 amide bonds. The average Bonchev–Trinajstić information content (AvgIpc) is 2.76. The van der Waals surface area contributed by atoms with Gasteiger partial charge in [-0.15, -0.1) is 0 Å². The van der Waals surface area contributed by atoms with Crippen molar-refractivity contribution in [1.82, 2.24) is 4.90 Å². The summed E-state index contributed by atoms with van der Waals surface area (Å²) in [5.41, 5.74) is 1.93. The summed E-state index contributed by atoms with van der Waals surface area (Å²) in [4.78, 5) is 37.6. The zero-order valence-corrected chi connectivity index (χ0v) is 15.8. The highest BCUT2D eigenvalue weighted by Gasteiger charge is 2.41. The van der Waals surface area contributed by atoms with Crippen molar-refractivity contribution in [2.24, 2.45) is 0 Å². The molecule has 7 nitrogen and oxygen atoms in total. The Hall–Kier alpha value is -4.00. The monoisotopic (exact) mass is 401 g/mol. The zero-order chi connectivity index (χ0) is 21.3. The molecule has 0 aliphatic carbocycles. The number of carbonyl (C=O) groups is 2. The first-order chi connectivity index (χ1) is 14.5. The van der Waals surface area contributed by atoms with Crippen LogP contribution in [0.2, 0.25) is 0 Å². The summed E-state index contributed by atoms with van der Waals surface area (Å²) < 4.78 is 0. The van der Waals surface area contributed by atoms with Crippen molar-refractivity contribution in [3.63, 3.8) is 0 Å². The lowest BCUT2D eigenvalue weighted by Gasteiger charge is -2.43. The number of aliphatic carboxylic acids is 1. The molecular formula is C23H17N2O5-. The molecule has 30 heavy (non-hydrogen) atoms. The first-order valence-corrected chi connectivity index (χ1v) is 9.36. The number of carboxylic acid groups (broad SMARTS) is 1. The second kappa shape index (κ2) is 7.79. The Kier molecular flexibility index (Phi) is 5.02. The van der Waals surface area contributed by atoms with E-state index in [0.717, 1.165) is 5.56 Å². The number of non-ortho nitro benzene ring substituents is 1. The lowest BCUT2D eigenvalue weighted by Crippen LogP contribution is -2.47. The predicted molar refractivity (Wildman–Crippen MR) is 106 cm³/mol. The van der Waals surface area contributed by atoms with Gasteiger partial charge < -0.3 is 14.8 Å². The molecule has 0 saturated heterocycles. The van der Waals surface area contributed by atoms with Gasteiger partial charge in [-0.1, -0.05) is 60.7 Å². The van der Waals surface area contributed by atoms with Gasteiger partial charge in [-0.3, -0.25) is 14.9 Å². The van der Waals surface area contributed by atoms with Crippen molar-refractivity contribution >= 4 is 17.6 Å². The summed E-state index contributed by atoms with van der Waals surface area (Å²) in [6.45, 7) is 0.194. The highest BCUT2D eigenvalue weighted by atomic mass is 16.6. The summed E-state index contributed by atoms with van der Waals surface area (Å²) in [5.74, 6) is -2.71. The molecule has 1 heterocycles. The van der Waals surface area contributed by atoms with Crippen molar-refractivity contribution in [3.05, 3.63) is 111 Å². The summed E-state index contributed by atoms with van der Waals surface area (Å²) in [7, 11) is 0. The van der Waals surface area contributed by atoms with Crippen LogP contribution in [0.25, 0.3) is 0 Å². The Balaban J connectivity index is 1.87. The third kappa shape index (κ3) is 3.41. The van der Waals surface area contributed by atoms with Crippen LogP contribution in [-0.4, -0.2) is 21.7 Å². The minimum Gasteiger partial charge on any atom is -0.549 e. The Labute approximate surface area is 172 Å². The number of hydrogen-bond acceptors (Lipinski definition) is 5. The van der Waals surface area contributed by atoms with Gasteiger partial charge in [-0.2, -0.15) is 0 Å². The van der Waals surface area contributed by atoms with Crippen molar-refractivity contribution in [3.8, 4) is 0 Å². The quantitative estimate of drug-likeness (QED) is 0.483. The molecule has 4 rings (SSSR count). The van der Waals surface area contributed by atoms with E-state index in [9.17, 15) is 24.8 Å². The van der Waals surface area contributed by atoms with Crippen LogP contribution in [0.1, 0.15) is 39.0 Å². The van der Waals surface area contributed by atoms with Gasteiger partial charge in [0.15, 0.2) is 0 Å². The van der Waals surface area contributed by atoms with Crippen molar-refractivity contribution in [2.45, 2.75) is 18.5 Å². The fraction of sp³-hybridized carbons (Fsp3) is 0.130. The molecule has 0 fully saturated rings. The normalized spacial score (nSPS) is 18.0. The molecule has 7 heteroatoms. The van der Waals surface area contributed by atoms with Crippen LogP contribution in [0.3, 0.4) is 0 Å². The van der Waals surface area contributed by atoms with E-state index in [1.54, 1.807) is 24.3 Å². The van der Waals surface area contributed by atoms with E-state index in [-0.39, 0.29) is 18.1 Å². The molecule has 0 spiro atoms. The molecule has 1 aliphatic rings. The molecule has 0 unspecified atom stereocenters. The van der Waals surface area contributed by atoms with Gasteiger partial charge >= 0.3 is 0 Å².